The third kappa shape index (κ3) is 8.34. The number of anilines is 7. The summed E-state index contributed by atoms with van der Waals surface area (Å²) in [6.07, 6.45) is 20.8. The van der Waals surface area contributed by atoms with Crippen LogP contribution in [0.25, 0.3) is 55.0 Å². The number of allylic oxidation sites excluding steroid dienone is 7. The predicted molar refractivity (Wildman–Crippen MR) is 387 cm³/mol. The lowest BCUT2D eigenvalue weighted by molar-refractivity contribution is 0.359. The summed E-state index contributed by atoms with van der Waals surface area (Å²) in [5, 5.41) is 6.10. The summed E-state index contributed by atoms with van der Waals surface area (Å²) in [7, 11) is 0. The molecular formula is C87H82BN3O. The van der Waals surface area contributed by atoms with Crippen molar-refractivity contribution in [2.45, 2.75) is 132 Å². The molecule has 92 heavy (non-hydrogen) atoms. The Morgan fingerprint density at radius 2 is 1.21 bits per heavy atom. The summed E-state index contributed by atoms with van der Waals surface area (Å²) < 4.78 is 6.50. The molecule has 7 aliphatic carbocycles. The quantitative estimate of drug-likeness (QED) is 0.155. The van der Waals surface area contributed by atoms with Gasteiger partial charge in [0.2, 0.25) is 0 Å². The van der Waals surface area contributed by atoms with E-state index in [0.29, 0.717) is 17.8 Å². The highest BCUT2D eigenvalue weighted by atomic mass is 16.3. The maximum atomic E-state index is 6.50. The van der Waals surface area contributed by atoms with Crippen molar-refractivity contribution in [3.8, 4) is 22.5 Å². The first kappa shape index (κ1) is 55.1. The second-order valence-corrected chi connectivity index (χ2v) is 33.4. The molecule has 0 spiro atoms. The molecule has 0 saturated heterocycles. The average Bonchev–Trinajstić information content (AvgIpc) is 0.899. The number of benzene rings is 9. The number of nitrogens with zero attached hydrogens (tertiary/aromatic N) is 3. The van der Waals surface area contributed by atoms with E-state index in [4.69, 9.17) is 4.42 Å². The van der Waals surface area contributed by atoms with Crippen LogP contribution in [0, 0.1) is 39.4 Å². The van der Waals surface area contributed by atoms with Gasteiger partial charge in [-0.15, -0.1) is 0 Å². The minimum absolute atomic E-state index is 0.0570. The molecule has 0 radical (unpaired) electrons. The largest absolute Gasteiger partial charge is 0.456 e. The number of furan rings is 1. The van der Waals surface area contributed by atoms with E-state index in [2.05, 4.69) is 272 Å². The smallest absolute Gasteiger partial charge is 0.251 e. The molecule has 3 atom stereocenters. The lowest BCUT2D eigenvalue weighted by atomic mass is 9.32. The van der Waals surface area contributed by atoms with E-state index < -0.39 is 0 Å². The Hall–Kier alpha value is -8.54. The Kier molecular flexibility index (Phi) is 11.3. The maximum absolute atomic E-state index is 6.50. The molecule has 2 aliphatic heterocycles. The molecule has 0 bridgehead atoms. The molecule has 0 N–H and O–H groups in total. The van der Waals surface area contributed by atoms with Gasteiger partial charge in [0.15, 0.2) is 0 Å². The second kappa shape index (κ2) is 18.8. The zero-order valence-electron chi connectivity index (χ0n) is 55.3. The average molecular weight is 1200 g/mol. The van der Waals surface area contributed by atoms with Crippen molar-refractivity contribution < 1.29 is 4.42 Å². The van der Waals surface area contributed by atoms with Crippen molar-refractivity contribution in [3.05, 3.63) is 244 Å². The first-order chi connectivity index (χ1) is 44.2. The van der Waals surface area contributed by atoms with Gasteiger partial charge in [0.25, 0.3) is 6.71 Å². The Morgan fingerprint density at radius 1 is 0.511 bits per heavy atom. The zero-order valence-corrected chi connectivity index (χ0v) is 55.3. The zero-order chi connectivity index (χ0) is 62.3. The standard InChI is InChI=1S/C87H82BN3O/c1-83(2)43-56-22-26-65(33-58(56)45-83)90-75-37-62-49-85(5,6)47-60(62)35-73(75)88-74-36-61-48-86(7,8)50-63(61)38-76(74)91(66-27-23-57-44-84(3,4)46-59(57)34-66)78-42-68(41-77(90)82(78)88)89(64-25-21-52-31-55(20-19-53(52)32-64)80-39-54-16-12-14-18-79(54)92-80)67-28-29-70-72(40-67)87(9,10)71-30-24-51-15-11-13-17-69(51)81(70)71/h11-37,39-42,56,58,63H,38,43-50H2,1-10H3. The third-order valence-electron chi connectivity index (χ3n) is 23.8. The van der Waals surface area contributed by atoms with Crippen LogP contribution < -0.4 is 25.6 Å². The fourth-order valence-electron chi connectivity index (χ4n) is 19.9. The van der Waals surface area contributed by atoms with Crippen LogP contribution in [0.4, 0.5) is 39.8 Å². The Bertz CT molecular complexity index is 5040. The highest BCUT2D eigenvalue weighted by Crippen LogP contribution is 2.59. The van der Waals surface area contributed by atoms with Crippen LogP contribution in [-0.2, 0) is 31.1 Å². The Labute approximate surface area is 544 Å². The lowest BCUT2D eigenvalue weighted by Gasteiger charge is -2.47. The molecule has 1 aromatic heterocycles. The predicted octanol–water partition coefficient (Wildman–Crippen LogP) is 21.7. The van der Waals surface area contributed by atoms with Gasteiger partial charge in [0.1, 0.15) is 11.3 Å². The van der Waals surface area contributed by atoms with Crippen LogP contribution in [-0.4, -0.2) is 6.71 Å². The molecule has 454 valence electrons. The van der Waals surface area contributed by atoms with Crippen molar-refractivity contribution in [2.24, 2.45) is 39.4 Å². The monoisotopic (exact) mass is 1200 g/mol. The van der Waals surface area contributed by atoms with Gasteiger partial charge in [-0.3, -0.25) is 0 Å². The molecule has 3 unspecified atom stereocenters. The molecule has 0 amide bonds. The van der Waals surface area contributed by atoms with E-state index in [1.807, 2.05) is 0 Å². The van der Waals surface area contributed by atoms with Crippen LogP contribution in [0.1, 0.15) is 135 Å². The van der Waals surface area contributed by atoms with Crippen LogP contribution in [0.3, 0.4) is 0 Å². The summed E-state index contributed by atoms with van der Waals surface area (Å²) in [4.78, 5) is 8.25. The number of hydrogen-bond acceptors (Lipinski definition) is 4. The highest BCUT2D eigenvalue weighted by molar-refractivity contribution is 6.95. The number of para-hydroxylation sites is 1. The minimum atomic E-state index is -0.242. The van der Waals surface area contributed by atoms with E-state index in [1.54, 1.807) is 5.57 Å². The number of fused-ring (bicyclic) bond motifs is 14. The van der Waals surface area contributed by atoms with E-state index in [1.165, 1.54) is 136 Å². The van der Waals surface area contributed by atoms with Gasteiger partial charge in [-0.1, -0.05) is 184 Å². The van der Waals surface area contributed by atoms with Crippen molar-refractivity contribution in [1.82, 2.24) is 0 Å². The fraction of sp³-hybridized carbons (Fsp3) is 0.310. The van der Waals surface area contributed by atoms with Crippen LogP contribution in [0.15, 0.2) is 215 Å². The minimum Gasteiger partial charge on any atom is -0.456 e. The van der Waals surface area contributed by atoms with Gasteiger partial charge in [-0.2, -0.15) is 0 Å². The van der Waals surface area contributed by atoms with Gasteiger partial charge in [-0.05, 0) is 259 Å². The van der Waals surface area contributed by atoms with Gasteiger partial charge in [-0.25, -0.2) is 0 Å². The third-order valence-corrected chi connectivity index (χ3v) is 23.8. The van der Waals surface area contributed by atoms with Crippen molar-refractivity contribution in [1.29, 1.82) is 0 Å². The fourth-order valence-corrected chi connectivity index (χ4v) is 19.9. The highest BCUT2D eigenvalue weighted by Gasteiger charge is 2.50. The molecule has 9 aromatic carbocycles. The first-order valence-corrected chi connectivity index (χ1v) is 34.6. The van der Waals surface area contributed by atoms with Crippen LogP contribution >= 0.6 is 0 Å². The Balaban J connectivity index is 0.891. The summed E-state index contributed by atoms with van der Waals surface area (Å²) >= 11 is 0. The Morgan fingerprint density at radius 3 is 2.03 bits per heavy atom. The molecular weight excluding hydrogens is 1110 g/mol. The lowest BCUT2D eigenvalue weighted by Crippen LogP contribution is -2.57. The van der Waals surface area contributed by atoms with E-state index in [9.17, 15) is 0 Å². The topological polar surface area (TPSA) is 22.9 Å². The molecule has 2 saturated carbocycles. The van der Waals surface area contributed by atoms with Gasteiger partial charge < -0.3 is 19.1 Å². The van der Waals surface area contributed by atoms with E-state index in [-0.39, 0.29) is 33.8 Å². The number of hydrogen-bond donors (Lipinski definition) is 0. The molecule has 19 rings (SSSR count). The molecule has 9 aliphatic rings. The SMILES string of the molecule is CC1(C)Cc2ccc(N3C4=C(C=C5CC(C)(C)CC5C4)B4c5cc6c(cc5N(C5=CC7CC(C)(C)CC7C=C5)c5cc(N(c7ccc8c(c7)C(C)(C)c7ccc9ccccc9c7-8)c7ccc8cc(-c9cc%10ccccc%10o9)ccc8c7)cc3c54)CC(C)(C)C6)cc2C1. The van der Waals surface area contributed by atoms with Gasteiger partial charge >= 0.3 is 0 Å². The second-order valence-electron chi connectivity index (χ2n) is 33.4. The van der Waals surface area contributed by atoms with Crippen molar-refractivity contribution >= 4 is 90.0 Å². The first-order valence-electron chi connectivity index (χ1n) is 34.6. The summed E-state index contributed by atoms with van der Waals surface area (Å²) in [5.41, 5.74) is 31.8. The van der Waals surface area contributed by atoms with E-state index >= 15 is 0 Å². The van der Waals surface area contributed by atoms with Crippen LogP contribution in [0.2, 0.25) is 0 Å². The summed E-state index contributed by atoms with van der Waals surface area (Å²) in [5.74, 6) is 2.41. The molecule has 2 fully saturated rings. The molecule has 10 aromatic rings. The van der Waals surface area contributed by atoms with Gasteiger partial charge in [0.05, 0.1) is 5.69 Å². The summed E-state index contributed by atoms with van der Waals surface area (Å²) in [6, 6.07) is 64.1. The van der Waals surface area contributed by atoms with E-state index in [0.717, 1.165) is 77.9 Å². The molecule has 5 heteroatoms. The normalized spacial score (nSPS) is 22.4. The summed E-state index contributed by atoms with van der Waals surface area (Å²) in [6.45, 7) is 24.9. The van der Waals surface area contributed by atoms with Crippen LogP contribution in [0.5, 0.6) is 0 Å². The van der Waals surface area contributed by atoms with Gasteiger partial charge in [0, 0.05) is 61.9 Å². The van der Waals surface area contributed by atoms with Crippen molar-refractivity contribution in [2.75, 3.05) is 14.7 Å². The maximum Gasteiger partial charge on any atom is 0.251 e. The molecule has 3 heterocycles. The number of rotatable bonds is 6. The van der Waals surface area contributed by atoms with Crippen molar-refractivity contribution in [3.63, 3.8) is 0 Å². The molecule has 4 nitrogen and oxygen atoms in total.